The van der Waals surface area contributed by atoms with Crippen LogP contribution in [0.15, 0.2) is 30.6 Å². The van der Waals surface area contributed by atoms with Crippen LogP contribution in [0.1, 0.15) is 61.4 Å². The second-order valence-corrected chi connectivity index (χ2v) is 11.5. The van der Waals surface area contributed by atoms with Crippen molar-refractivity contribution in [2.75, 3.05) is 6.61 Å². The highest BCUT2D eigenvalue weighted by atomic mass is 32.2. The summed E-state index contributed by atoms with van der Waals surface area (Å²) < 4.78 is 40.7. The fourth-order valence-electron chi connectivity index (χ4n) is 4.05. The molecule has 1 N–H and O–H groups in total. The first-order valence-corrected chi connectivity index (χ1v) is 13.2. The quantitative estimate of drug-likeness (QED) is 0.495. The Balaban J connectivity index is 1.71. The molecule has 35 heavy (non-hydrogen) atoms. The van der Waals surface area contributed by atoms with Gasteiger partial charge in [0.1, 0.15) is 11.9 Å². The van der Waals surface area contributed by atoms with Gasteiger partial charge in [0.25, 0.3) is 0 Å². The molecule has 0 bridgehead atoms. The molecule has 10 nitrogen and oxygen atoms in total. The molecule has 3 aromatic rings. The zero-order chi connectivity index (χ0) is 25.3. The summed E-state index contributed by atoms with van der Waals surface area (Å²) in [6.07, 6.45) is 1.37. The number of nitrogens with zero attached hydrogens (tertiary/aromatic N) is 5. The van der Waals surface area contributed by atoms with Crippen molar-refractivity contribution < 1.29 is 23.0 Å². The minimum atomic E-state index is -3.81. The van der Waals surface area contributed by atoms with Gasteiger partial charge in [-0.2, -0.15) is 0 Å². The van der Waals surface area contributed by atoms with Crippen LogP contribution >= 0.6 is 0 Å². The van der Waals surface area contributed by atoms with E-state index < -0.39 is 33.2 Å². The molecule has 0 fully saturated rings. The summed E-state index contributed by atoms with van der Waals surface area (Å²) in [5.41, 5.74) is 3.59. The van der Waals surface area contributed by atoms with Gasteiger partial charge in [0, 0.05) is 18.0 Å². The number of aliphatic hydroxyl groups is 1. The van der Waals surface area contributed by atoms with Gasteiger partial charge in [0.15, 0.2) is 33.5 Å². The number of aliphatic hydroxyl groups excluding tert-OH is 1. The molecule has 0 amide bonds. The van der Waals surface area contributed by atoms with Gasteiger partial charge in [-0.1, -0.05) is 17.7 Å². The van der Waals surface area contributed by atoms with Crippen LogP contribution in [-0.2, 0) is 31.7 Å². The van der Waals surface area contributed by atoms with Gasteiger partial charge in [-0.15, -0.1) is 10.2 Å². The van der Waals surface area contributed by atoms with E-state index in [0.717, 1.165) is 22.3 Å². The van der Waals surface area contributed by atoms with Gasteiger partial charge < -0.3 is 14.6 Å². The Labute approximate surface area is 205 Å². The summed E-state index contributed by atoms with van der Waals surface area (Å²) >= 11 is 0. The Bertz CT molecular complexity index is 1290. The van der Waals surface area contributed by atoms with E-state index in [-0.39, 0.29) is 25.1 Å². The van der Waals surface area contributed by atoms with Crippen molar-refractivity contribution in [3.63, 3.8) is 0 Å². The zero-order valence-corrected chi connectivity index (χ0v) is 21.4. The molecule has 0 saturated heterocycles. The third kappa shape index (κ3) is 5.27. The molecule has 4 rings (SSSR count). The lowest BCUT2D eigenvalue weighted by atomic mass is 10.0. The van der Waals surface area contributed by atoms with Crippen LogP contribution in [0.2, 0.25) is 0 Å². The molecule has 11 heteroatoms. The number of ether oxygens (including phenoxy) is 2. The van der Waals surface area contributed by atoms with Crippen molar-refractivity contribution in [3.8, 4) is 11.4 Å². The van der Waals surface area contributed by atoms with Crippen LogP contribution in [0, 0.1) is 13.8 Å². The molecule has 0 saturated carbocycles. The van der Waals surface area contributed by atoms with Crippen LogP contribution in [0.25, 0.3) is 11.4 Å². The van der Waals surface area contributed by atoms with Gasteiger partial charge >= 0.3 is 0 Å². The number of benzene rings is 1. The second kappa shape index (κ2) is 10.1. The van der Waals surface area contributed by atoms with Crippen LogP contribution < -0.4 is 0 Å². The predicted octanol–water partition coefficient (Wildman–Crippen LogP) is 2.84. The molecule has 1 aliphatic heterocycles. The average molecular weight is 502 g/mol. The summed E-state index contributed by atoms with van der Waals surface area (Å²) in [4.78, 5) is 8.64. The van der Waals surface area contributed by atoms with Gasteiger partial charge in [0.05, 0.1) is 24.6 Å². The van der Waals surface area contributed by atoms with Gasteiger partial charge in [-0.25, -0.2) is 18.4 Å². The molecule has 0 aliphatic carbocycles. The standard InChI is InChI=1S/C24H31N5O5S/c1-14(2)34-22(23-25-9-16(4)10-26-23)17(5)35(31,32)13-20-27-28-24-19-8-15(3)6-7-18(19)12-33-21(11-30)29(20)24/h6-10,14,17,21-22,30H,11-13H2,1-5H3/t17-,21-,22+/m0/s1. The van der Waals surface area contributed by atoms with Crippen LogP contribution in [0.3, 0.4) is 0 Å². The SMILES string of the molecule is Cc1cnc([C@H](OC(C)C)[C@H](C)S(=O)(=O)Cc2nnc3n2[C@H](CO)OCc2ccc(C)cc2-3)nc1. The lowest BCUT2D eigenvalue weighted by molar-refractivity contribution is -0.0421. The van der Waals surface area contributed by atoms with Crippen molar-refractivity contribution >= 4 is 9.84 Å². The maximum absolute atomic E-state index is 13.6. The van der Waals surface area contributed by atoms with Crippen molar-refractivity contribution in [3.05, 3.63) is 58.9 Å². The Kier molecular flexibility index (Phi) is 7.32. The number of aryl methyl sites for hydroxylation is 2. The fraction of sp³-hybridized carbons (Fsp3) is 0.500. The van der Waals surface area contributed by atoms with Crippen molar-refractivity contribution in [1.29, 1.82) is 0 Å². The van der Waals surface area contributed by atoms with Gasteiger partial charge in [-0.3, -0.25) is 4.57 Å². The van der Waals surface area contributed by atoms with E-state index in [1.807, 2.05) is 45.9 Å². The summed E-state index contributed by atoms with van der Waals surface area (Å²) in [6, 6.07) is 5.87. The largest absolute Gasteiger partial charge is 0.392 e. The minimum Gasteiger partial charge on any atom is -0.392 e. The number of aromatic nitrogens is 5. The highest BCUT2D eigenvalue weighted by molar-refractivity contribution is 7.91. The first-order valence-electron chi connectivity index (χ1n) is 11.5. The van der Waals surface area contributed by atoms with Crippen LogP contribution in [0.4, 0.5) is 0 Å². The van der Waals surface area contributed by atoms with E-state index >= 15 is 0 Å². The Hall–Kier alpha value is -2.73. The Morgan fingerprint density at radius 1 is 1.14 bits per heavy atom. The van der Waals surface area contributed by atoms with E-state index in [0.29, 0.717) is 11.6 Å². The van der Waals surface area contributed by atoms with Gasteiger partial charge in [-0.05, 0) is 51.8 Å². The fourth-order valence-corrected chi connectivity index (χ4v) is 5.43. The van der Waals surface area contributed by atoms with E-state index in [9.17, 15) is 13.5 Å². The third-order valence-electron chi connectivity index (χ3n) is 5.95. The number of fused-ring (bicyclic) bond motifs is 3. The Morgan fingerprint density at radius 3 is 2.51 bits per heavy atom. The molecule has 0 radical (unpaired) electrons. The highest BCUT2D eigenvalue weighted by Gasteiger charge is 2.37. The lowest BCUT2D eigenvalue weighted by Gasteiger charge is -2.25. The Morgan fingerprint density at radius 2 is 1.86 bits per heavy atom. The zero-order valence-electron chi connectivity index (χ0n) is 20.5. The number of hydrogen-bond donors (Lipinski definition) is 1. The third-order valence-corrected chi connectivity index (χ3v) is 7.99. The molecular formula is C24H31N5O5S. The molecule has 3 heterocycles. The second-order valence-electron chi connectivity index (χ2n) is 9.16. The first-order chi connectivity index (χ1) is 16.6. The molecule has 3 atom stereocenters. The van der Waals surface area contributed by atoms with Crippen molar-refractivity contribution in [2.24, 2.45) is 0 Å². The molecule has 1 aliphatic rings. The maximum atomic E-state index is 13.6. The summed E-state index contributed by atoms with van der Waals surface area (Å²) in [5, 5.41) is 17.6. The smallest absolute Gasteiger partial charge is 0.166 e. The summed E-state index contributed by atoms with van der Waals surface area (Å²) in [5.74, 6) is 0.552. The number of sulfone groups is 1. The average Bonchev–Trinajstić information content (AvgIpc) is 3.13. The first kappa shape index (κ1) is 25.4. The van der Waals surface area contributed by atoms with E-state index in [2.05, 4.69) is 20.2 Å². The maximum Gasteiger partial charge on any atom is 0.166 e. The van der Waals surface area contributed by atoms with E-state index in [1.165, 1.54) is 0 Å². The summed E-state index contributed by atoms with van der Waals surface area (Å²) in [7, 11) is -3.81. The molecule has 2 aromatic heterocycles. The molecule has 0 unspecified atom stereocenters. The molecule has 188 valence electrons. The minimum absolute atomic E-state index is 0.188. The normalized spacial score (nSPS) is 17.5. The predicted molar refractivity (Wildman–Crippen MR) is 129 cm³/mol. The van der Waals surface area contributed by atoms with Crippen molar-refractivity contribution in [2.45, 2.75) is 70.7 Å². The molecule has 1 aromatic carbocycles. The van der Waals surface area contributed by atoms with E-state index in [1.54, 1.807) is 23.9 Å². The van der Waals surface area contributed by atoms with Crippen LogP contribution in [-0.4, -0.2) is 56.2 Å². The van der Waals surface area contributed by atoms with E-state index in [4.69, 9.17) is 9.47 Å². The molecular weight excluding hydrogens is 470 g/mol. The number of rotatable bonds is 8. The topological polar surface area (TPSA) is 129 Å². The van der Waals surface area contributed by atoms with Crippen molar-refractivity contribution in [1.82, 2.24) is 24.7 Å². The summed E-state index contributed by atoms with van der Waals surface area (Å²) in [6.45, 7) is 9.00. The number of hydrogen-bond acceptors (Lipinski definition) is 9. The monoisotopic (exact) mass is 501 g/mol. The van der Waals surface area contributed by atoms with Crippen LogP contribution in [0.5, 0.6) is 0 Å². The lowest BCUT2D eigenvalue weighted by Crippen LogP contribution is -2.32. The van der Waals surface area contributed by atoms with Gasteiger partial charge in [0.2, 0.25) is 0 Å². The molecule has 0 spiro atoms. The highest BCUT2D eigenvalue weighted by Crippen LogP contribution is 2.34.